The fraction of sp³-hybridized carbons (Fsp3) is 0.579. The third-order valence-corrected chi connectivity index (χ3v) is 22.7. The van der Waals surface area contributed by atoms with E-state index in [0.29, 0.717) is 70.1 Å². The lowest BCUT2D eigenvalue weighted by atomic mass is 9.93. The predicted octanol–water partition coefficient (Wildman–Crippen LogP) is 11.6. The molecule has 2 aromatic carbocycles. The third-order valence-electron chi connectivity index (χ3n) is 16.4. The zero-order valence-corrected chi connectivity index (χ0v) is 46.2. The second-order valence-electron chi connectivity index (χ2n) is 23.3. The quantitative estimate of drug-likeness (QED) is 0.0591. The number of piperazine rings is 1. The van der Waals surface area contributed by atoms with E-state index in [9.17, 15) is 9.59 Å². The van der Waals surface area contributed by atoms with Gasteiger partial charge in [0.05, 0.1) is 35.7 Å². The van der Waals surface area contributed by atoms with Gasteiger partial charge in [-0.3, -0.25) is 19.6 Å². The van der Waals surface area contributed by atoms with E-state index in [2.05, 4.69) is 68.0 Å². The molecule has 3 unspecified atom stereocenters. The minimum atomic E-state index is -2.29. The Morgan fingerprint density at radius 2 is 1.65 bits per heavy atom. The number of anilines is 1. The number of carbonyl (C=O) groups is 2. The van der Waals surface area contributed by atoms with Gasteiger partial charge in [0.2, 0.25) is 0 Å². The molecule has 396 valence electrons. The first-order valence-electron chi connectivity index (χ1n) is 26.6. The molecule has 9 rings (SSSR count). The molecule has 14 nitrogen and oxygen atoms in total. The zero-order valence-electron chi connectivity index (χ0n) is 45.2. The maximum absolute atomic E-state index is 17.9. The molecule has 3 aromatic heterocycles. The number of fused-ring (bicyclic) bond motifs is 5. The van der Waals surface area contributed by atoms with Crippen molar-refractivity contribution in [3.8, 4) is 34.6 Å². The number of amides is 1. The molecule has 0 N–H and O–H groups in total. The molecule has 5 aromatic rings. The van der Waals surface area contributed by atoms with Crippen molar-refractivity contribution in [1.82, 2.24) is 29.9 Å². The van der Waals surface area contributed by atoms with Crippen LogP contribution in [0.3, 0.4) is 0 Å². The number of benzene rings is 2. The summed E-state index contributed by atoms with van der Waals surface area (Å²) in [6, 6.07) is 10.1. The highest BCUT2D eigenvalue weighted by atomic mass is 28.3. The highest BCUT2D eigenvalue weighted by molar-refractivity contribution is 6.90. The maximum Gasteiger partial charge on any atom is 0.410 e. The minimum Gasteiger partial charge on any atom is -0.474 e. The summed E-state index contributed by atoms with van der Waals surface area (Å²) in [6.07, 6.45) is 6.35. The number of rotatable bonds is 14. The standard InChI is InChI=1S/C57H73F2N7O7Si/c1-33(2)47(53(67)69-12)45-27-46(63-73-45)70-31-40-21-24-57(23-14-25-65(40)57)32-71-54-61-51-43(52(62-54)64-29-38-18-19-39(30-64)66(38)55(68)72-56(9,10)11)28-60-50(49(51)59)42-16-13-15-37-17-20-44(58)41(48(37)42)22-26-74(34(3)4,35(5)6)36(7)8/h13,15-17,20,27-28,33-36,38-40,47H,14,18-19,21,23-25,29-32H2,1-12H3/t38?,39?,40-,47?,57-/m0/s1. The largest absolute Gasteiger partial charge is 0.474 e. The minimum absolute atomic E-state index is 0.0192. The topological polar surface area (TPSA) is 145 Å². The van der Waals surface area contributed by atoms with Gasteiger partial charge >= 0.3 is 18.1 Å². The van der Waals surface area contributed by atoms with Crippen molar-refractivity contribution in [3.63, 3.8) is 0 Å². The number of nitrogens with zero attached hydrogens (tertiary/aromatic N) is 7. The number of esters is 1. The predicted molar refractivity (Wildman–Crippen MR) is 284 cm³/mol. The molecule has 4 saturated heterocycles. The number of carbonyl (C=O) groups excluding carboxylic acids is 2. The van der Waals surface area contributed by atoms with E-state index < -0.39 is 37.2 Å². The number of aromatic nitrogens is 4. The number of pyridine rings is 1. The molecule has 0 spiro atoms. The maximum atomic E-state index is 17.9. The van der Waals surface area contributed by atoms with E-state index in [1.807, 2.05) is 51.7 Å². The average molecular weight is 1030 g/mol. The van der Waals surface area contributed by atoms with Gasteiger partial charge in [-0.1, -0.05) is 85.6 Å². The van der Waals surface area contributed by atoms with Crippen molar-refractivity contribution in [2.24, 2.45) is 5.92 Å². The summed E-state index contributed by atoms with van der Waals surface area (Å²) in [5.74, 6) is 2.32. The Morgan fingerprint density at radius 1 is 0.932 bits per heavy atom. The number of hydrogen-bond acceptors (Lipinski definition) is 13. The van der Waals surface area contributed by atoms with Crippen molar-refractivity contribution in [3.05, 3.63) is 65.6 Å². The SMILES string of the molecule is COC(=O)C(c1cc(OC[C@@H]2CC[C@]3(COc4nc(N5CC6CCC(C5)N6C(=O)OC(C)(C)C)c5cnc(-c6cccc7ccc(F)c(C#C[Si](C(C)C)(C(C)C)C(C)C)c67)c(F)c5n4)CCCN23)no1)C(C)C. The summed E-state index contributed by atoms with van der Waals surface area (Å²) in [6.45, 7) is 25.1. The molecule has 7 heterocycles. The molecule has 5 atom stereocenters. The van der Waals surface area contributed by atoms with Crippen LogP contribution in [-0.2, 0) is 14.3 Å². The van der Waals surface area contributed by atoms with E-state index >= 15 is 8.78 Å². The molecule has 4 fully saturated rings. The van der Waals surface area contributed by atoms with Crippen LogP contribution in [0.25, 0.3) is 32.9 Å². The number of ether oxygens (including phenoxy) is 4. The number of halogens is 2. The lowest BCUT2D eigenvalue weighted by molar-refractivity contribution is -0.144. The normalized spacial score (nSPS) is 21.5. The van der Waals surface area contributed by atoms with Crippen LogP contribution in [0, 0.1) is 29.0 Å². The molecule has 4 aliphatic heterocycles. The van der Waals surface area contributed by atoms with Gasteiger partial charge in [0, 0.05) is 42.3 Å². The first-order chi connectivity index (χ1) is 35.2. The van der Waals surface area contributed by atoms with Gasteiger partial charge < -0.3 is 28.4 Å². The van der Waals surface area contributed by atoms with Gasteiger partial charge in [-0.05, 0) is 105 Å². The van der Waals surface area contributed by atoms with Crippen molar-refractivity contribution in [2.75, 3.05) is 44.9 Å². The lowest BCUT2D eigenvalue weighted by Crippen LogP contribution is -2.57. The van der Waals surface area contributed by atoms with E-state index in [1.165, 1.54) is 13.2 Å². The van der Waals surface area contributed by atoms with Crippen LogP contribution in [0.1, 0.15) is 132 Å². The van der Waals surface area contributed by atoms with Crippen LogP contribution in [0.2, 0.25) is 16.6 Å². The number of hydrogen-bond donors (Lipinski definition) is 0. The first-order valence-corrected chi connectivity index (χ1v) is 28.8. The fourth-order valence-electron chi connectivity index (χ4n) is 13.0. The van der Waals surface area contributed by atoms with Gasteiger partial charge in [0.15, 0.2) is 11.6 Å². The molecule has 0 radical (unpaired) electrons. The zero-order chi connectivity index (χ0) is 53.0. The van der Waals surface area contributed by atoms with Gasteiger partial charge in [-0.25, -0.2) is 13.6 Å². The van der Waals surface area contributed by atoms with E-state index in [1.54, 1.807) is 24.4 Å². The van der Waals surface area contributed by atoms with Crippen molar-refractivity contribution in [2.45, 2.75) is 166 Å². The van der Waals surface area contributed by atoms with Crippen LogP contribution in [0.5, 0.6) is 11.9 Å². The Bertz CT molecular complexity index is 2950. The van der Waals surface area contributed by atoms with Crippen molar-refractivity contribution < 1.29 is 41.8 Å². The molecular weight excluding hydrogens is 961 g/mol. The second-order valence-corrected chi connectivity index (χ2v) is 28.9. The van der Waals surface area contributed by atoms with Crippen LogP contribution >= 0.6 is 0 Å². The Kier molecular flexibility index (Phi) is 14.8. The molecule has 2 bridgehead atoms. The highest BCUT2D eigenvalue weighted by Gasteiger charge is 2.51. The van der Waals surface area contributed by atoms with E-state index in [4.69, 9.17) is 38.4 Å². The molecule has 0 aliphatic carbocycles. The van der Waals surface area contributed by atoms with Gasteiger partial charge in [0.1, 0.15) is 55.7 Å². The average Bonchev–Trinajstić information content (AvgIpc) is 4.12. The summed E-state index contributed by atoms with van der Waals surface area (Å²) < 4.78 is 63.6. The number of methoxy groups -OCH3 is 1. The highest BCUT2D eigenvalue weighted by Crippen LogP contribution is 2.45. The fourth-order valence-corrected chi connectivity index (χ4v) is 18.2. The summed E-state index contributed by atoms with van der Waals surface area (Å²) >= 11 is 0. The molecule has 0 saturated carbocycles. The second kappa shape index (κ2) is 20.7. The summed E-state index contributed by atoms with van der Waals surface area (Å²) in [4.78, 5) is 47.2. The Hall–Kier alpha value is -5.86. The Morgan fingerprint density at radius 3 is 2.31 bits per heavy atom. The first kappa shape index (κ1) is 53.0. The smallest absolute Gasteiger partial charge is 0.410 e. The van der Waals surface area contributed by atoms with E-state index in [0.717, 1.165) is 50.5 Å². The summed E-state index contributed by atoms with van der Waals surface area (Å²) in [5, 5.41) is 5.74. The van der Waals surface area contributed by atoms with Crippen LogP contribution in [0.4, 0.5) is 19.4 Å². The lowest BCUT2D eigenvalue weighted by Gasteiger charge is -2.42. The molecule has 1 amide bonds. The van der Waals surface area contributed by atoms with Crippen LogP contribution in [-0.4, -0.2) is 119 Å². The van der Waals surface area contributed by atoms with E-state index in [-0.39, 0.29) is 65.1 Å². The van der Waals surface area contributed by atoms with Crippen LogP contribution in [0.15, 0.2) is 47.1 Å². The molecule has 17 heteroatoms. The van der Waals surface area contributed by atoms with Gasteiger partial charge in [0.25, 0.3) is 5.88 Å². The van der Waals surface area contributed by atoms with Gasteiger partial charge in [-0.2, -0.15) is 9.97 Å². The summed E-state index contributed by atoms with van der Waals surface area (Å²) in [5.41, 5.74) is 4.37. The van der Waals surface area contributed by atoms with Crippen molar-refractivity contribution >= 4 is 47.6 Å². The Balaban J connectivity index is 1.07. The molecular formula is C57H73F2N7O7Si. The van der Waals surface area contributed by atoms with Crippen molar-refractivity contribution in [1.29, 1.82) is 0 Å². The molecule has 74 heavy (non-hydrogen) atoms. The monoisotopic (exact) mass is 1030 g/mol. The summed E-state index contributed by atoms with van der Waals surface area (Å²) in [7, 11) is -0.933. The Labute approximate surface area is 435 Å². The molecule has 4 aliphatic rings. The van der Waals surface area contributed by atoms with Gasteiger partial charge in [-0.15, -0.1) is 5.54 Å². The third kappa shape index (κ3) is 9.81. The van der Waals surface area contributed by atoms with Crippen LogP contribution < -0.4 is 14.4 Å².